The zero-order valence-electron chi connectivity index (χ0n) is 10.7. The fourth-order valence-electron chi connectivity index (χ4n) is 3.00. The molecule has 3 heteroatoms. The number of fused-ring (bicyclic) bond motifs is 1. The molecule has 1 amide bonds. The number of nitrogens with one attached hydrogen (secondary N) is 1. The molecule has 18 heavy (non-hydrogen) atoms. The van der Waals surface area contributed by atoms with Gasteiger partial charge in [0, 0.05) is 12.2 Å². The van der Waals surface area contributed by atoms with Gasteiger partial charge in [-0.15, -0.1) is 0 Å². The van der Waals surface area contributed by atoms with Crippen LogP contribution in [0.2, 0.25) is 0 Å². The van der Waals surface area contributed by atoms with Crippen molar-refractivity contribution in [2.45, 2.75) is 38.1 Å². The van der Waals surface area contributed by atoms with Crippen LogP contribution in [0.4, 0.5) is 5.69 Å². The average Bonchev–Trinajstić information content (AvgIpc) is 2.85. The normalized spacial score (nSPS) is 23.6. The van der Waals surface area contributed by atoms with Gasteiger partial charge in [0.15, 0.2) is 0 Å². The van der Waals surface area contributed by atoms with E-state index in [1.807, 2.05) is 11.0 Å². The molecule has 1 fully saturated rings. The maximum Gasteiger partial charge on any atom is 0.244 e. The van der Waals surface area contributed by atoms with E-state index >= 15 is 0 Å². The van der Waals surface area contributed by atoms with Crippen molar-refractivity contribution in [3.63, 3.8) is 0 Å². The molecule has 3 nitrogen and oxygen atoms in total. The number of anilines is 1. The number of benzene rings is 1. The number of nitrogens with zero attached hydrogens (tertiary/aromatic N) is 1. The first kappa shape index (κ1) is 11.7. The Balaban J connectivity index is 1.88. The van der Waals surface area contributed by atoms with Crippen molar-refractivity contribution >= 4 is 11.6 Å². The van der Waals surface area contributed by atoms with Crippen molar-refractivity contribution in [1.29, 1.82) is 0 Å². The summed E-state index contributed by atoms with van der Waals surface area (Å²) in [5, 5.41) is 3.31. The van der Waals surface area contributed by atoms with Crippen LogP contribution in [0, 0.1) is 0 Å². The number of hydrogen-bond acceptors (Lipinski definition) is 2. The molecule has 0 aromatic heterocycles. The van der Waals surface area contributed by atoms with E-state index in [1.54, 1.807) is 0 Å². The molecule has 1 aromatic carbocycles. The summed E-state index contributed by atoms with van der Waals surface area (Å²) in [6, 6.07) is 8.39. The molecule has 1 N–H and O–H groups in total. The third-order valence-electron chi connectivity index (χ3n) is 3.98. The smallest absolute Gasteiger partial charge is 0.244 e. The van der Waals surface area contributed by atoms with Crippen molar-refractivity contribution in [3.05, 3.63) is 29.8 Å². The zero-order valence-corrected chi connectivity index (χ0v) is 10.7. The van der Waals surface area contributed by atoms with Crippen molar-refractivity contribution in [2.75, 3.05) is 18.0 Å². The van der Waals surface area contributed by atoms with Crippen molar-refractivity contribution in [1.82, 2.24) is 5.32 Å². The summed E-state index contributed by atoms with van der Waals surface area (Å²) in [5.41, 5.74) is 2.45. The summed E-state index contributed by atoms with van der Waals surface area (Å²) < 4.78 is 0. The predicted molar refractivity (Wildman–Crippen MR) is 72.8 cm³/mol. The third-order valence-corrected chi connectivity index (χ3v) is 3.98. The lowest BCUT2D eigenvalue weighted by molar-refractivity contribution is -0.120. The molecule has 3 rings (SSSR count). The van der Waals surface area contributed by atoms with Gasteiger partial charge in [-0.25, -0.2) is 0 Å². The number of aryl methyl sites for hydroxylation is 1. The third kappa shape index (κ3) is 2.15. The largest absolute Gasteiger partial charge is 0.311 e. The van der Waals surface area contributed by atoms with Crippen LogP contribution in [0.5, 0.6) is 0 Å². The predicted octanol–water partition coefficient (Wildman–Crippen LogP) is 2.11. The van der Waals surface area contributed by atoms with Gasteiger partial charge in [-0.3, -0.25) is 4.79 Å². The number of carbonyl (C=O) groups is 1. The van der Waals surface area contributed by atoms with E-state index < -0.39 is 0 Å². The van der Waals surface area contributed by atoms with E-state index in [2.05, 4.69) is 23.5 Å². The minimum Gasteiger partial charge on any atom is -0.311 e. The summed E-state index contributed by atoms with van der Waals surface area (Å²) in [7, 11) is 0. The lowest BCUT2D eigenvalue weighted by Gasteiger charge is -2.25. The van der Waals surface area contributed by atoms with Crippen LogP contribution in [-0.4, -0.2) is 25.0 Å². The summed E-state index contributed by atoms with van der Waals surface area (Å²) in [6.45, 7) is 1.85. The van der Waals surface area contributed by atoms with Crippen LogP contribution in [0.25, 0.3) is 0 Å². The standard InChI is InChI=1S/C15H20N2O/c18-15(13-8-5-10-16-13)17-11-4-3-7-12-6-1-2-9-14(12)17/h1-2,6,9,13,16H,3-5,7-8,10-11H2/t13-/m1/s1. The lowest BCUT2D eigenvalue weighted by atomic mass is 10.1. The van der Waals surface area contributed by atoms with E-state index in [0.29, 0.717) is 0 Å². The molecule has 2 aliphatic rings. The van der Waals surface area contributed by atoms with Crippen LogP contribution in [0.15, 0.2) is 24.3 Å². The number of carbonyl (C=O) groups excluding carboxylic acids is 1. The Morgan fingerprint density at radius 3 is 2.94 bits per heavy atom. The first-order valence-corrected chi connectivity index (χ1v) is 6.99. The maximum absolute atomic E-state index is 12.6. The molecule has 2 heterocycles. The van der Waals surface area contributed by atoms with E-state index in [1.165, 1.54) is 12.0 Å². The van der Waals surface area contributed by atoms with Gasteiger partial charge in [0.1, 0.15) is 0 Å². The summed E-state index contributed by atoms with van der Waals surface area (Å²) in [4.78, 5) is 14.6. The van der Waals surface area contributed by atoms with Gasteiger partial charge in [0.05, 0.1) is 6.04 Å². The number of amides is 1. The highest BCUT2D eigenvalue weighted by atomic mass is 16.2. The number of rotatable bonds is 1. The van der Waals surface area contributed by atoms with Gasteiger partial charge in [-0.05, 0) is 50.3 Å². The monoisotopic (exact) mass is 244 g/mol. The van der Waals surface area contributed by atoms with Gasteiger partial charge >= 0.3 is 0 Å². The van der Waals surface area contributed by atoms with E-state index in [-0.39, 0.29) is 11.9 Å². The molecular formula is C15H20N2O. The molecule has 2 aliphatic heterocycles. The maximum atomic E-state index is 12.6. The zero-order chi connectivity index (χ0) is 12.4. The average molecular weight is 244 g/mol. The highest BCUT2D eigenvalue weighted by Gasteiger charge is 2.29. The van der Waals surface area contributed by atoms with E-state index in [0.717, 1.165) is 44.5 Å². The molecule has 0 aliphatic carbocycles. The number of para-hydroxylation sites is 1. The second-order valence-corrected chi connectivity index (χ2v) is 5.22. The highest BCUT2D eigenvalue weighted by molar-refractivity contribution is 5.98. The van der Waals surface area contributed by atoms with Gasteiger partial charge in [0.2, 0.25) is 5.91 Å². The Morgan fingerprint density at radius 1 is 1.22 bits per heavy atom. The molecule has 0 unspecified atom stereocenters. The highest BCUT2D eigenvalue weighted by Crippen LogP contribution is 2.27. The fraction of sp³-hybridized carbons (Fsp3) is 0.533. The quantitative estimate of drug-likeness (QED) is 0.820. The molecule has 0 bridgehead atoms. The van der Waals surface area contributed by atoms with Crippen molar-refractivity contribution in [2.24, 2.45) is 0 Å². The number of hydrogen-bond donors (Lipinski definition) is 1. The Labute approximate surface area is 108 Å². The molecular weight excluding hydrogens is 224 g/mol. The lowest BCUT2D eigenvalue weighted by Crippen LogP contribution is -2.44. The Hall–Kier alpha value is -1.35. The second-order valence-electron chi connectivity index (χ2n) is 5.22. The van der Waals surface area contributed by atoms with Crippen LogP contribution in [-0.2, 0) is 11.2 Å². The van der Waals surface area contributed by atoms with Crippen LogP contribution in [0.3, 0.4) is 0 Å². The van der Waals surface area contributed by atoms with Gasteiger partial charge in [-0.2, -0.15) is 0 Å². The molecule has 1 aromatic rings. The molecule has 0 spiro atoms. The Kier molecular flexibility index (Phi) is 3.33. The Bertz CT molecular complexity index is 438. The topological polar surface area (TPSA) is 32.3 Å². The van der Waals surface area contributed by atoms with Gasteiger partial charge in [0.25, 0.3) is 0 Å². The molecule has 1 saturated heterocycles. The summed E-state index contributed by atoms with van der Waals surface area (Å²) >= 11 is 0. The molecule has 1 atom stereocenters. The summed E-state index contributed by atoms with van der Waals surface area (Å²) in [5.74, 6) is 0.266. The van der Waals surface area contributed by atoms with Gasteiger partial charge in [-0.1, -0.05) is 18.2 Å². The van der Waals surface area contributed by atoms with Crippen LogP contribution in [0.1, 0.15) is 31.2 Å². The van der Waals surface area contributed by atoms with Crippen LogP contribution < -0.4 is 10.2 Å². The first-order valence-electron chi connectivity index (χ1n) is 6.99. The minimum absolute atomic E-state index is 0.0381. The van der Waals surface area contributed by atoms with Crippen LogP contribution >= 0.6 is 0 Å². The second kappa shape index (κ2) is 5.11. The minimum atomic E-state index is 0.0381. The first-order chi connectivity index (χ1) is 8.86. The van der Waals surface area contributed by atoms with Crippen molar-refractivity contribution in [3.8, 4) is 0 Å². The Morgan fingerprint density at radius 2 is 2.11 bits per heavy atom. The van der Waals surface area contributed by atoms with Gasteiger partial charge < -0.3 is 10.2 Å². The molecule has 96 valence electrons. The van der Waals surface area contributed by atoms with E-state index in [9.17, 15) is 4.79 Å². The van der Waals surface area contributed by atoms with E-state index in [4.69, 9.17) is 0 Å². The molecule has 0 radical (unpaired) electrons. The summed E-state index contributed by atoms with van der Waals surface area (Å²) in [6.07, 6.45) is 5.48. The SMILES string of the molecule is O=C([C@H]1CCCN1)N1CCCCc2ccccc21. The van der Waals surface area contributed by atoms with Crippen molar-refractivity contribution < 1.29 is 4.79 Å². The fourth-order valence-corrected chi connectivity index (χ4v) is 3.00. The molecule has 0 saturated carbocycles.